The molecule has 0 fully saturated rings. The highest BCUT2D eigenvalue weighted by Crippen LogP contribution is 1.81. The number of hydrogen-bond acceptors (Lipinski definition) is 1. The lowest BCUT2D eigenvalue weighted by molar-refractivity contribution is -0.104. The van der Waals surface area contributed by atoms with E-state index in [1.54, 1.807) is 13.0 Å². The third-order valence-electron chi connectivity index (χ3n) is 0.550. The second kappa shape index (κ2) is 7.89. The Bertz CT molecular complexity index is 125. The molecule has 0 bridgehead atoms. The van der Waals surface area contributed by atoms with Crippen molar-refractivity contribution in [2.24, 2.45) is 0 Å². The Hall–Kier alpha value is -1.11. The van der Waals surface area contributed by atoms with Crippen LogP contribution >= 0.6 is 0 Å². The average molecular weight is 138 g/mol. The van der Waals surface area contributed by atoms with E-state index < -0.39 is 0 Å². The first-order valence-corrected chi connectivity index (χ1v) is 2.93. The lowest BCUT2D eigenvalue weighted by atomic mass is 10.4. The standard InChI is InChI=1S/C5H8.C4H6O/c1-4-5(2)3;1-4(2)3-5/h4H,1-2H2,3H3;3H,1H2,2H3. The van der Waals surface area contributed by atoms with Crippen molar-refractivity contribution in [3.05, 3.63) is 37.0 Å². The second-order valence-corrected chi connectivity index (χ2v) is 2.01. The van der Waals surface area contributed by atoms with Gasteiger partial charge < -0.3 is 0 Å². The SMILES string of the molecule is C=C(C)C=O.C=CC(=C)C. The number of aldehydes is 1. The summed E-state index contributed by atoms with van der Waals surface area (Å²) >= 11 is 0. The quantitative estimate of drug-likeness (QED) is 0.325. The van der Waals surface area contributed by atoms with Crippen molar-refractivity contribution in [1.29, 1.82) is 0 Å². The number of rotatable bonds is 2. The van der Waals surface area contributed by atoms with Crippen molar-refractivity contribution in [2.45, 2.75) is 13.8 Å². The van der Waals surface area contributed by atoms with Crippen molar-refractivity contribution >= 4 is 6.29 Å². The zero-order valence-corrected chi connectivity index (χ0v) is 6.68. The van der Waals surface area contributed by atoms with Gasteiger partial charge in [-0.05, 0) is 19.4 Å². The van der Waals surface area contributed by atoms with Crippen LogP contribution in [0.3, 0.4) is 0 Å². The predicted molar refractivity (Wildman–Crippen MR) is 45.9 cm³/mol. The molecule has 0 radical (unpaired) electrons. The minimum Gasteiger partial charge on any atom is -0.298 e. The summed E-state index contributed by atoms with van der Waals surface area (Å²) in [4.78, 5) is 9.41. The third-order valence-corrected chi connectivity index (χ3v) is 0.550. The Balaban J connectivity index is 0. The smallest absolute Gasteiger partial charge is 0.145 e. The van der Waals surface area contributed by atoms with Crippen molar-refractivity contribution < 1.29 is 4.79 Å². The highest BCUT2D eigenvalue weighted by Gasteiger charge is 1.66. The van der Waals surface area contributed by atoms with Gasteiger partial charge in [0.1, 0.15) is 6.29 Å². The van der Waals surface area contributed by atoms with Crippen LogP contribution in [0.25, 0.3) is 0 Å². The number of carbonyl (C=O) groups is 1. The van der Waals surface area contributed by atoms with Gasteiger partial charge in [-0.25, -0.2) is 0 Å². The van der Waals surface area contributed by atoms with Gasteiger partial charge in [-0.2, -0.15) is 0 Å². The van der Waals surface area contributed by atoms with E-state index in [4.69, 9.17) is 0 Å². The summed E-state index contributed by atoms with van der Waals surface area (Å²) in [6.07, 6.45) is 2.44. The van der Waals surface area contributed by atoms with E-state index >= 15 is 0 Å². The van der Waals surface area contributed by atoms with Crippen molar-refractivity contribution in [3.63, 3.8) is 0 Å². The van der Waals surface area contributed by atoms with Gasteiger partial charge in [0.15, 0.2) is 0 Å². The molecule has 0 N–H and O–H groups in total. The number of hydrogen-bond donors (Lipinski definition) is 0. The van der Waals surface area contributed by atoms with Gasteiger partial charge >= 0.3 is 0 Å². The molecule has 0 aliphatic carbocycles. The molecule has 0 rings (SSSR count). The van der Waals surface area contributed by atoms with Crippen LogP contribution in [0, 0.1) is 0 Å². The zero-order valence-electron chi connectivity index (χ0n) is 6.68. The summed E-state index contributed by atoms with van der Waals surface area (Å²) in [5.41, 5.74) is 1.59. The highest BCUT2D eigenvalue weighted by atomic mass is 16.1. The molecule has 10 heavy (non-hydrogen) atoms. The Morgan fingerprint density at radius 2 is 1.40 bits per heavy atom. The van der Waals surface area contributed by atoms with Gasteiger partial charge in [-0.3, -0.25) is 4.79 Å². The van der Waals surface area contributed by atoms with Gasteiger partial charge in [0.05, 0.1) is 0 Å². The average Bonchev–Trinajstić information content (AvgIpc) is 1.89. The fourth-order valence-corrected chi connectivity index (χ4v) is 0. The molecule has 0 atom stereocenters. The normalized spacial score (nSPS) is 6.60. The van der Waals surface area contributed by atoms with Gasteiger partial charge in [0.25, 0.3) is 0 Å². The maximum atomic E-state index is 9.41. The van der Waals surface area contributed by atoms with Gasteiger partial charge in [0.2, 0.25) is 0 Å². The van der Waals surface area contributed by atoms with Crippen molar-refractivity contribution in [1.82, 2.24) is 0 Å². The van der Waals surface area contributed by atoms with Gasteiger partial charge in [-0.15, -0.1) is 0 Å². The van der Waals surface area contributed by atoms with Crippen LogP contribution in [0.5, 0.6) is 0 Å². The van der Waals surface area contributed by atoms with Crippen molar-refractivity contribution in [3.8, 4) is 0 Å². The first-order chi connectivity index (χ1) is 4.54. The Kier molecular flexibility index (Phi) is 9.20. The summed E-state index contributed by atoms with van der Waals surface area (Å²) in [5, 5.41) is 0. The molecular weight excluding hydrogens is 124 g/mol. The van der Waals surface area contributed by atoms with E-state index in [9.17, 15) is 4.79 Å². The zero-order chi connectivity index (χ0) is 8.57. The molecule has 0 saturated carbocycles. The minimum absolute atomic E-state index is 0.574. The summed E-state index contributed by atoms with van der Waals surface area (Å²) < 4.78 is 0. The van der Waals surface area contributed by atoms with Crippen LogP contribution in [-0.2, 0) is 4.79 Å². The maximum Gasteiger partial charge on any atom is 0.145 e. The largest absolute Gasteiger partial charge is 0.298 e. The number of carbonyl (C=O) groups excluding carboxylic acids is 1. The molecule has 0 heterocycles. The molecule has 0 aliphatic rings. The van der Waals surface area contributed by atoms with E-state index in [0.29, 0.717) is 5.57 Å². The molecule has 1 nitrogen and oxygen atoms in total. The number of allylic oxidation sites excluding steroid dienone is 3. The summed E-state index contributed by atoms with van der Waals surface area (Å²) in [6.45, 7) is 13.9. The molecule has 0 unspecified atom stereocenters. The first kappa shape index (κ1) is 11.7. The molecule has 0 aliphatic heterocycles. The molecule has 0 aromatic rings. The Morgan fingerprint density at radius 1 is 1.20 bits per heavy atom. The fourth-order valence-electron chi connectivity index (χ4n) is 0. The monoisotopic (exact) mass is 138 g/mol. The van der Waals surface area contributed by atoms with E-state index in [2.05, 4.69) is 19.7 Å². The molecule has 0 aromatic carbocycles. The van der Waals surface area contributed by atoms with Crippen LogP contribution in [-0.4, -0.2) is 6.29 Å². The first-order valence-electron chi connectivity index (χ1n) is 2.93. The minimum atomic E-state index is 0.574. The maximum absolute atomic E-state index is 9.41. The summed E-state index contributed by atoms with van der Waals surface area (Å²) in [7, 11) is 0. The van der Waals surface area contributed by atoms with Crippen LogP contribution in [0.1, 0.15) is 13.8 Å². The Morgan fingerprint density at radius 3 is 1.40 bits per heavy atom. The van der Waals surface area contributed by atoms with Gasteiger partial charge in [0, 0.05) is 0 Å². The third kappa shape index (κ3) is 28.6. The Labute approximate surface area is 62.8 Å². The molecule has 0 aromatic heterocycles. The lowest BCUT2D eigenvalue weighted by Gasteiger charge is -1.71. The summed E-state index contributed by atoms with van der Waals surface area (Å²) in [5.74, 6) is 0. The molecular formula is C9H14O. The molecule has 0 spiro atoms. The predicted octanol–water partition coefficient (Wildman–Crippen LogP) is 2.51. The summed E-state index contributed by atoms with van der Waals surface area (Å²) in [6, 6.07) is 0. The van der Waals surface area contributed by atoms with Crippen LogP contribution in [0.2, 0.25) is 0 Å². The lowest BCUT2D eigenvalue weighted by Crippen LogP contribution is -1.65. The molecule has 1 heteroatoms. The fraction of sp³-hybridized carbons (Fsp3) is 0.222. The van der Waals surface area contributed by atoms with Crippen LogP contribution in [0.4, 0.5) is 0 Å². The van der Waals surface area contributed by atoms with E-state index in [0.717, 1.165) is 11.9 Å². The van der Waals surface area contributed by atoms with Gasteiger partial charge in [-0.1, -0.05) is 31.4 Å². The van der Waals surface area contributed by atoms with Crippen LogP contribution in [0.15, 0.2) is 37.0 Å². The van der Waals surface area contributed by atoms with E-state index in [1.807, 2.05) is 6.92 Å². The molecule has 0 amide bonds. The van der Waals surface area contributed by atoms with E-state index in [-0.39, 0.29) is 0 Å². The van der Waals surface area contributed by atoms with Crippen molar-refractivity contribution in [2.75, 3.05) is 0 Å². The van der Waals surface area contributed by atoms with Crippen LogP contribution < -0.4 is 0 Å². The molecule has 0 saturated heterocycles. The second-order valence-electron chi connectivity index (χ2n) is 2.01. The topological polar surface area (TPSA) is 17.1 Å². The van der Waals surface area contributed by atoms with E-state index in [1.165, 1.54) is 0 Å². The highest BCUT2D eigenvalue weighted by molar-refractivity contribution is 5.70. The molecule has 56 valence electrons.